The summed E-state index contributed by atoms with van der Waals surface area (Å²) in [5.74, 6) is -16.1. The maximum Gasteiger partial charge on any atom is 0.328 e. The minimum absolute atomic E-state index is 0.00800. The van der Waals surface area contributed by atoms with Crippen LogP contribution in [0.25, 0.3) is 10.9 Å². The Morgan fingerprint density at radius 3 is 1.82 bits per heavy atom. The molecule has 3 heterocycles. The Bertz CT molecular complexity index is 3570. The second-order valence-electron chi connectivity index (χ2n) is 25.5. The van der Waals surface area contributed by atoms with Crippen molar-refractivity contribution in [2.24, 2.45) is 5.73 Å². The summed E-state index contributed by atoms with van der Waals surface area (Å²) in [7, 11) is 1.62. The van der Waals surface area contributed by atoms with E-state index in [0.717, 1.165) is 40.3 Å². The predicted octanol–water partition coefficient (Wildman–Crippen LogP) is -2.29. The molecule has 3 unspecified atom stereocenters. The summed E-state index contributed by atoms with van der Waals surface area (Å²) in [4.78, 5) is 186. The molecule has 0 radical (unpaired) electrons. The van der Waals surface area contributed by atoms with Crippen molar-refractivity contribution in [1.82, 2.24) is 62.2 Å². The fourth-order valence-electron chi connectivity index (χ4n) is 12.1. The number of aliphatic hydroxyl groups is 2. The monoisotopic (exact) mass is 1480 g/mol. The minimum Gasteiger partial charge on any atom is -0.508 e. The summed E-state index contributed by atoms with van der Waals surface area (Å²) >= 11 is 0. The average molecular weight is 1480 g/mol. The van der Waals surface area contributed by atoms with Crippen LogP contribution in [0.1, 0.15) is 75.5 Å². The first kappa shape index (κ1) is 82.5. The fourth-order valence-corrected chi connectivity index (χ4v) is 14.4. The molecule has 1 aromatic heterocycles. The minimum atomic E-state index is -1.92. The van der Waals surface area contributed by atoms with Crippen molar-refractivity contribution in [3.63, 3.8) is 0 Å². The lowest BCUT2D eigenvalue weighted by Crippen LogP contribution is -2.62. The van der Waals surface area contributed by atoms with Gasteiger partial charge in [0.1, 0.15) is 48.0 Å². The van der Waals surface area contributed by atoms with Crippen LogP contribution >= 0.6 is 21.6 Å². The molecule has 36 heteroatoms. The third-order valence-electron chi connectivity index (χ3n) is 17.3. The summed E-state index contributed by atoms with van der Waals surface area (Å²) < 4.78 is 0. The number of para-hydroxylation sites is 1. The predicted molar refractivity (Wildman–Crippen MR) is 374 cm³/mol. The van der Waals surface area contributed by atoms with Crippen LogP contribution < -0.4 is 48.3 Å². The van der Waals surface area contributed by atoms with Crippen molar-refractivity contribution >= 4 is 110 Å². The maximum atomic E-state index is 15.3. The van der Waals surface area contributed by atoms with E-state index in [0.29, 0.717) is 34.0 Å². The van der Waals surface area contributed by atoms with Crippen LogP contribution in [0.15, 0.2) is 85.1 Å². The number of aliphatic carboxylic acids is 5. The second kappa shape index (κ2) is 40.4. The van der Waals surface area contributed by atoms with Crippen molar-refractivity contribution in [3.8, 4) is 5.75 Å². The number of phenols is 1. The number of amides is 8. The van der Waals surface area contributed by atoms with E-state index in [1.54, 1.807) is 60.8 Å². The first-order valence-electron chi connectivity index (χ1n) is 33.3. The molecule has 2 aliphatic heterocycles. The molecular formula is C67H91N13O21S2. The topological polar surface area (TPSA) is 532 Å². The number of carboxylic acids is 5. The number of aromatic hydroxyl groups is 1. The Labute approximate surface area is 600 Å². The molecule has 6 rings (SSSR count). The van der Waals surface area contributed by atoms with E-state index in [1.165, 1.54) is 34.1 Å². The number of H-pyrrole nitrogens is 1. The number of nitrogens with two attached hydrogens (primary N) is 1. The molecule has 2 fully saturated rings. The van der Waals surface area contributed by atoms with Gasteiger partial charge in [0.2, 0.25) is 47.3 Å². The van der Waals surface area contributed by atoms with Crippen LogP contribution in [0, 0.1) is 0 Å². The average Bonchev–Trinajstić information content (AvgIpc) is 1.76. The highest BCUT2D eigenvalue weighted by atomic mass is 33.1. The third-order valence-corrected chi connectivity index (χ3v) is 19.7. The molecular weight excluding hydrogens is 1390 g/mol. The third kappa shape index (κ3) is 26.4. The number of nitrogens with one attached hydrogen (secondary N) is 9. The lowest BCUT2D eigenvalue weighted by atomic mass is 9.88. The van der Waals surface area contributed by atoms with Gasteiger partial charge in [-0.1, -0.05) is 88.7 Å². The Balaban J connectivity index is 1.39. The number of aliphatic hydroxyl groups excluding tert-OH is 2. The molecule has 34 nitrogen and oxygen atoms in total. The van der Waals surface area contributed by atoms with Crippen molar-refractivity contribution in [3.05, 3.63) is 102 Å². The number of aromatic nitrogens is 1. The van der Waals surface area contributed by atoms with E-state index >= 15 is 14.4 Å². The van der Waals surface area contributed by atoms with Gasteiger partial charge in [-0.25, -0.2) is 4.79 Å². The van der Waals surface area contributed by atoms with E-state index in [4.69, 9.17) is 5.73 Å². The molecule has 8 amide bonds. The van der Waals surface area contributed by atoms with Crippen LogP contribution in [0.4, 0.5) is 0 Å². The van der Waals surface area contributed by atoms with Crippen molar-refractivity contribution in [1.29, 1.82) is 0 Å². The molecule has 0 bridgehead atoms. The molecule has 4 aromatic rings. The van der Waals surface area contributed by atoms with Crippen LogP contribution in [0.2, 0.25) is 0 Å². The molecule has 103 heavy (non-hydrogen) atoms. The number of nitrogens with zero attached hydrogens (tertiary/aromatic N) is 3. The number of phenolic OH excluding ortho intramolecular Hbond substituents is 1. The van der Waals surface area contributed by atoms with Crippen LogP contribution in [-0.2, 0) is 81.6 Å². The number of aromatic amines is 1. The van der Waals surface area contributed by atoms with Gasteiger partial charge in [-0.3, -0.25) is 72.2 Å². The molecule has 3 aromatic carbocycles. The van der Waals surface area contributed by atoms with E-state index in [2.05, 4.69) is 47.5 Å². The SMILES string of the molecule is CC(O)[C@H](NC(=O)[C@@H]1CSSCC(NC(=O)[C@@H](Cc2ccccc2)NC(=O)CCCCC2(N(CC(=O)O)CC(=O)O)CN(CC(=O)O)CCN(CC(=O)O)C2)C(=O)N[C@@H](Cc2ccc(O)cc2)C(=O)N[C@H](Cc2c[nH]c3ccccc23)C(=O)N[C@@H](CCCCN)C(=O)N[C@@H](C(C)O)C(=O)N1)C(=O)O. The fraction of sp³-hybridized carbons (Fsp3) is 0.507. The van der Waals surface area contributed by atoms with E-state index in [9.17, 15) is 88.8 Å². The van der Waals surface area contributed by atoms with Gasteiger partial charge in [0.05, 0.1) is 38.4 Å². The highest BCUT2D eigenvalue weighted by Crippen LogP contribution is 2.30. The maximum absolute atomic E-state index is 15.3. The van der Waals surface area contributed by atoms with Gasteiger partial charge in [0.15, 0.2) is 6.04 Å². The summed E-state index contributed by atoms with van der Waals surface area (Å²) in [6, 6.07) is 7.61. The second-order valence-corrected chi connectivity index (χ2v) is 28.0. The molecule has 0 spiro atoms. The summed E-state index contributed by atoms with van der Waals surface area (Å²) in [5.41, 5.74) is 6.40. The number of hydrogen-bond acceptors (Lipinski definition) is 22. The normalized spacial score (nSPS) is 21.1. The molecule has 2 aliphatic rings. The zero-order valence-corrected chi connectivity index (χ0v) is 58.5. The molecule has 0 aliphatic carbocycles. The summed E-state index contributed by atoms with van der Waals surface area (Å²) in [6.45, 7) is -0.727. The van der Waals surface area contributed by atoms with Crippen molar-refractivity contribution in [2.45, 2.75) is 144 Å². The highest BCUT2D eigenvalue weighted by molar-refractivity contribution is 8.76. The first-order valence-corrected chi connectivity index (χ1v) is 35.8. The summed E-state index contributed by atoms with van der Waals surface area (Å²) in [6.07, 6.45) is -2.40. The van der Waals surface area contributed by atoms with Gasteiger partial charge in [0.25, 0.3) is 0 Å². The number of carboxylic acid groups (broad SMARTS) is 5. The highest BCUT2D eigenvalue weighted by Gasteiger charge is 2.45. The number of carbonyl (C=O) groups is 13. The lowest BCUT2D eigenvalue weighted by molar-refractivity contribution is -0.148. The van der Waals surface area contributed by atoms with Crippen molar-refractivity contribution < 1.29 is 103 Å². The van der Waals surface area contributed by atoms with Gasteiger partial charge in [-0.05, 0) is 87.4 Å². The molecule has 562 valence electrons. The number of benzene rings is 3. The number of unbranched alkanes of at least 4 members (excludes halogenated alkanes) is 2. The van der Waals surface area contributed by atoms with Gasteiger partial charge < -0.3 is 94.1 Å². The zero-order valence-electron chi connectivity index (χ0n) is 56.8. The Morgan fingerprint density at radius 2 is 1.22 bits per heavy atom. The Kier molecular flexibility index (Phi) is 32.4. The Morgan fingerprint density at radius 1 is 0.641 bits per heavy atom. The smallest absolute Gasteiger partial charge is 0.328 e. The van der Waals surface area contributed by atoms with Gasteiger partial charge in [-0.2, -0.15) is 0 Å². The number of hydrogen-bond donors (Lipinski definition) is 18. The molecule has 0 saturated carbocycles. The number of fused-ring (bicyclic) bond motifs is 1. The van der Waals surface area contributed by atoms with Gasteiger partial charge in [0, 0.05) is 86.0 Å². The number of carbonyl (C=O) groups excluding carboxylic acids is 8. The lowest BCUT2D eigenvalue weighted by Gasteiger charge is -2.45. The standard InChI is InChI=1S/C67H91N13O21S2/c1-38(81)57-65(99)75-51(64(98)77-58(39(2)82)66(100)101)35-103-102-34-50(63(97)72-48(27-41-18-20-43(83)21-19-41)61(95)73-49(28-42-29-69-45-15-7-6-14-44(42)45)62(96)71-46(59(93)76-57)16-9-11-23-68)74-60(94)47(26-40-12-4-3-5-13-40)70-52(84)17-8-10-22-67(80(32-55(89)90)33-56(91)92)36-78(30-53(85)86)24-25-79(37-67)31-54(87)88/h3-7,12-15,18-21,29,38-39,46-51,57-58,69,81-83H,8-11,16-17,22-28,30-37,68H2,1-2H3,(H,70,84)(H,71,96)(H,72,97)(H,73,95)(H,74,94)(H,75,99)(H,76,93)(H,77,98)(H,85,86)(H,87,88)(H,89,90)(H,91,92)(H,100,101)/t38?,39?,46-,47+,48-,49+,50?,51-,57-,58-/m0/s1. The number of rotatable bonds is 32. The molecule has 2 saturated heterocycles. The Hall–Kier alpha value is -9.43. The van der Waals surface area contributed by atoms with Crippen molar-refractivity contribution in [2.75, 3.05) is 70.4 Å². The van der Waals surface area contributed by atoms with Gasteiger partial charge >= 0.3 is 29.8 Å². The van der Waals surface area contributed by atoms with Crippen LogP contribution in [0.5, 0.6) is 5.75 Å². The summed E-state index contributed by atoms with van der Waals surface area (Å²) in [5, 5.41) is 103. The van der Waals surface area contributed by atoms with E-state index in [1.807, 2.05) is 0 Å². The first-order chi connectivity index (χ1) is 48.9. The van der Waals surface area contributed by atoms with Crippen LogP contribution in [0.3, 0.4) is 0 Å². The largest absolute Gasteiger partial charge is 0.508 e. The quantitative estimate of drug-likeness (QED) is 0.0181. The molecule has 10 atom stereocenters. The van der Waals surface area contributed by atoms with Gasteiger partial charge in [-0.15, -0.1) is 0 Å². The molecule has 19 N–H and O–H groups in total. The van der Waals surface area contributed by atoms with Crippen LogP contribution in [-0.4, -0.2) is 274 Å². The zero-order chi connectivity index (χ0) is 75.5. The van der Waals surface area contributed by atoms with E-state index < -0.39 is 181 Å². The van der Waals surface area contributed by atoms with E-state index in [-0.39, 0.29) is 96.3 Å².